The van der Waals surface area contributed by atoms with Gasteiger partial charge in [0.05, 0.1) is 23.4 Å². The van der Waals surface area contributed by atoms with Crippen LogP contribution in [0.3, 0.4) is 0 Å². The number of rotatable bonds is 5. The van der Waals surface area contributed by atoms with Gasteiger partial charge in [0.15, 0.2) is 6.61 Å². The maximum absolute atomic E-state index is 12.1. The fraction of sp³-hybridized carbons (Fsp3) is 0.263. The van der Waals surface area contributed by atoms with Crippen molar-refractivity contribution in [2.75, 3.05) is 19.0 Å². The van der Waals surface area contributed by atoms with Crippen LogP contribution in [-0.4, -0.2) is 25.6 Å². The number of aryl methyl sites for hydroxylation is 2. The van der Waals surface area contributed by atoms with Crippen LogP contribution < -0.4 is 10.1 Å². The van der Waals surface area contributed by atoms with E-state index in [1.807, 2.05) is 18.2 Å². The highest BCUT2D eigenvalue weighted by Crippen LogP contribution is 2.26. The topological polar surface area (TPSA) is 64.6 Å². The maximum atomic E-state index is 12.1. The summed E-state index contributed by atoms with van der Waals surface area (Å²) in [6.07, 6.45) is 3.31. The summed E-state index contributed by atoms with van der Waals surface area (Å²) in [5.41, 5.74) is 3.28. The minimum atomic E-state index is -0.499. The number of amides is 1. The number of esters is 1. The van der Waals surface area contributed by atoms with Gasteiger partial charge in [0, 0.05) is 0 Å². The fourth-order valence-corrected chi connectivity index (χ4v) is 3.00. The summed E-state index contributed by atoms with van der Waals surface area (Å²) in [5.74, 6) is -0.184. The van der Waals surface area contributed by atoms with Crippen molar-refractivity contribution in [3.8, 4) is 5.75 Å². The highest BCUT2D eigenvalue weighted by atomic mass is 35.5. The molecule has 1 N–H and O–H groups in total. The van der Waals surface area contributed by atoms with Crippen LogP contribution in [0.4, 0.5) is 5.69 Å². The molecular weight excluding hydrogens is 342 g/mol. The molecule has 0 aliphatic heterocycles. The fourth-order valence-electron chi connectivity index (χ4n) is 2.84. The number of methoxy groups -OCH3 is 1. The third-order valence-corrected chi connectivity index (χ3v) is 4.43. The zero-order chi connectivity index (χ0) is 17.8. The number of halogens is 1. The highest BCUT2D eigenvalue weighted by molar-refractivity contribution is 6.33. The Labute approximate surface area is 150 Å². The standard InChI is InChI=1S/C19H18ClNO4/c1-24-19(23)14-6-8-16(20)17(10-14)21-18(22)11-25-15-7-5-12-3-2-4-13(12)9-15/h5-10H,2-4,11H2,1H3,(H,21,22). The van der Waals surface area contributed by atoms with Crippen molar-refractivity contribution in [2.24, 2.45) is 0 Å². The van der Waals surface area contributed by atoms with Gasteiger partial charge in [-0.05, 0) is 60.7 Å². The lowest BCUT2D eigenvalue weighted by molar-refractivity contribution is -0.118. The van der Waals surface area contributed by atoms with Crippen LogP contribution >= 0.6 is 11.6 Å². The number of nitrogens with one attached hydrogen (secondary N) is 1. The lowest BCUT2D eigenvalue weighted by Gasteiger charge is -2.11. The zero-order valence-electron chi connectivity index (χ0n) is 13.8. The van der Waals surface area contributed by atoms with E-state index in [-0.39, 0.29) is 12.5 Å². The molecule has 130 valence electrons. The van der Waals surface area contributed by atoms with E-state index in [1.54, 1.807) is 0 Å². The predicted octanol–water partition coefficient (Wildman–Crippen LogP) is 3.63. The first-order valence-corrected chi connectivity index (χ1v) is 8.37. The lowest BCUT2D eigenvalue weighted by Crippen LogP contribution is -2.20. The third kappa shape index (κ3) is 4.12. The van der Waals surface area contributed by atoms with Gasteiger partial charge in [-0.1, -0.05) is 17.7 Å². The molecule has 0 spiro atoms. The number of fused-ring (bicyclic) bond motifs is 1. The number of anilines is 1. The summed E-state index contributed by atoms with van der Waals surface area (Å²) in [6, 6.07) is 10.5. The summed E-state index contributed by atoms with van der Waals surface area (Å²) in [7, 11) is 1.29. The quantitative estimate of drug-likeness (QED) is 0.828. The number of carbonyl (C=O) groups excluding carboxylic acids is 2. The summed E-state index contributed by atoms with van der Waals surface area (Å²) >= 11 is 6.06. The van der Waals surface area contributed by atoms with Crippen molar-refractivity contribution < 1.29 is 19.1 Å². The van der Waals surface area contributed by atoms with Crippen LogP contribution in [-0.2, 0) is 22.4 Å². The van der Waals surface area contributed by atoms with Gasteiger partial charge >= 0.3 is 5.97 Å². The summed E-state index contributed by atoms with van der Waals surface area (Å²) < 4.78 is 10.2. The number of hydrogen-bond acceptors (Lipinski definition) is 4. The molecule has 6 heteroatoms. The van der Waals surface area contributed by atoms with Gasteiger partial charge in [-0.3, -0.25) is 4.79 Å². The largest absolute Gasteiger partial charge is 0.484 e. The maximum Gasteiger partial charge on any atom is 0.337 e. The molecule has 0 bridgehead atoms. The zero-order valence-corrected chi connectivity index (χ0v) is 14.6. The summed E-state index contributed by atoms with van der Waals surface area (Å²) in [4.78, 5) is 23.7. The van der Waals surface area contributed by atoms with E-state index < -0.39 is 5.97 Å². The predicted molar refractivity (Wildman–Crippen MR) is 95.4 cm³/mol. The molecule has 2 aromatic rings. The molecule has 0 saturated heterocycles. The number of carbonyl (C=O) groups is 2. The number of benzene rings is 2. The molecule has 5 nitrogen and oxygen atoms in total. The van der Waals surface area contributed by atoms with E-state index >= 15 is 0 Å². The molecule has 0 unspecified atom stereocenters. The molecule has 1 aliphatic rings. The Morgan fingerprint density at radius 2 is 1.92 bits per heavy atom. The molecule has 25 heavy (non-hydrogen) atoms. The first-order valence-electron chi connectivity index (χ1n) is 7.99. The second kappa shape index (κ2) is 7.57. The van der Waals surface area contributed by atoms with Crippen molar-refractivity contribution in [1.29, 1.82) is 0 Å². The Kier molecular flexibility index (Phi) is 5.24. The molecule has 0 atom stereocenters. The van der Waals surface area contributed by atoms with Crippen LogP contribution in [0.25, 0.3) is 0 Å². The van der Waals surface area contributed by atoms with Crippen LogP contribution in [0.5, 0.6) is 5.75 Å². The summed E-state index contributed by atoms with van der Waals surface area (Å²) in [5, 5.41) is 2.98. The Balaban J connectivity index is 1.62. The lowest BCUT2D eigenvalue weighted by atomic mass is 10.1. The first kappa shape index (κ1) is 17.3. The Morgan fingerprint density at radius 3 is 2.72 bits per heavy atom. The minimum absolute atomic E-state index is 0.141. The first-order chi connectivity index (χ1) is 12.1. The van der Waals surface area contributed by atoms with Gasteiger partial charge in [0.2, 0.25) is 0 Å². The van der Waals surface area contributed by atoms with Crippen molar-refractivity contribution in [2.45, 2.75) is 19.3 Å². The van der Waals surface area contributed by atoms with Crippen molar-refractivity contribution in [3.63, 3.8) is 0 Å². The third-order valence-electron chi connectivity index (χ3n) is 4.10. The highest BCUT2D eigenvalue weighted by Gasteiger charge is 2.13. The van der Waals surface area contributed by atoms with E-state index in [0.717, 1.165) is 19.3 Å². The molecule has 1 aliphatic carbocycles. The molecule has 0 heterocycles. The average Bonchev–Trinajstić information content (AvgIpc) is 3.09. The van der Waals surface area contributed by atoms with Crippen molar-refractivity contribution in [3.05, 3.63) is 58.1 Å². The molecule has 0 saturated carbocycles. The van der Waals surface area contributed by atoms with Crippen LogP contribution in [0.15, 0.2) is 36.4 Å². The molecule has 2 aromatic carbocycles. The molecule has 0 fully saturated rings. The van der Waals surface area contributed by atoms with Gasteiger partial charge in [-0.15, -0.1) is 0 Å². The van der Waals surface area contributed by atoms with Gasteiger partial charge in [-0.25, -0.2) is 4.79 Å². The van der Waals surface area contributed by atoms with E-state index in [2.05, 4.69) is 10.1 Å². The van der Waals surface area contributed by atoms with E-state index in [0.29, 0.717) is 22.0 Å². The van der Waals surface area contributed by atoms with E-state index in [9.17, 15) is 9.59 Å². The van der Waals surface area contributed by atoms with Crippen molar-refractivity contribution in [1.82, 2.24) is 0 Å². The Morgan fingerprint density at radius 1 is 1.12 bits per heavy atom. The Hall–Kier alpha value is -2.53. The Bertz CT molecular complexity index is 819. The molecular formula is C19H18ClNO4. The van der Waals surface area contributed by atoms with Crippen LogP contribution in [0.2, 0.25) is 5.02 Å². The second-order valence-corrected chi connectivity index (χ2v) is 6.21. The molecule has 1 amide bonds. The van der Waals surface area contributed by atoms with Gasteiger partial charge in [0.25, 0.3) is 5.91 Å². The monoisotopic (exact) mass is 359 g/mol. The summed E-state index contributed by atoms with van der Waals surface area (Å²) in [6.45, 7) is -0.141. The smallest absolute Gasteiger partial charge is 0.337 e. The number of ether oxygens (including phenoxy) is 2. The molecule has 0 aromatic heterocycles. The van der Waals surface area contributed by atoms with Gasteiger partial charge in [0.1, 0.15) is 5.75 Å². The SMILES string of the molecule is COC(=O)c1ccc(Cl)c(NC(=O)COc2ccc3c(c2)CCC3)c1. The van der Waals surface area contributed by atoms with Crippen molar-refractivity contribution >= 4 is 29.2 Å². The second-order valence-electron chi connectivity index (χ2n) is 5.81. The molecule has 3 rings (SSSR count). The normalized spacial score (nSPS) is 12.4. The molecule has 0 radical (unpaired) electrons. The minimum Gasteiger partial charge on any atom is -0.484 e. The van der Waals surface area contributed by atoms with Gasteiger partial charge in [-0.2, -0.15) is 0 Å². The van der Waals surface area contributed by atoms with Crippen LogP contribution in [0, 0.1) is 0 Å². The van der Waals surface area contributed by atoms with E-state index in [1.165, 1.54) is 36.4 Å². The average molecular weight is 360 g/mol. The van der Waals surface area contributed by atoms with Gasteiger partial charge < -0.3 is 14.8 Å². The number of hydrogen-bond donors (Lipinski definition) is 1. The van der Waals surface area contributed by atoms with E-state index in [4.69, 9.17) is 16.3 Å². The van der Waals surface area contributed by atoms with Crippen LogP contribution in [0.1, 0.15) is 27.9 Å².